The van der Waals surface area contributed by atoms with Gasteiger partial charge in [-0.3, -0.25) is 4.99 Å². The molecule has 0 spiro atoms. The lowest BCUT2D eigenvalue weighted by molar-refractivity contribution is 0.448. The zero-order valence-electron chi connectivity index (χ0n) is 9.14. The predicted octanol–water partition coefficient (Wildman–Crippen LogP) is 3.40. The number of halogens is 3. The third-order valence-electron chi connectivity index (χ3n) is 2.42. The van der Waals surface area contributed by atoms with E-state index in [1.165, 1.54) is 11.8 Å². The molecule has 1 unspecified atom stereocenters. The lowest BCUT2D eigenvalue weighted by Crippen LogP contribution is -2.06. The molecule has 2 rings (SSSR count). The number of amidine groups is 1. The number of hydrogen-bond donors (Lipinski definition) is 1. The predicted molar refractivity (Wildman–Crippen MR) is 63.9 cm³/mol. The van der Waals surface area contributed by atoms with E-state index in [0.29, 0.717) is 5.17 Å². The van der Waals surface area contributed by atoms with Crippen molar-refractivity contribution in [1.82, 2.24) is 0 Å². The molecule has 1 atom stereocenters. The summed E-state index contributed by atoms with van der Waals surface area (Å²) in [4.78, 5) is 4.31. The number of nitrogens with one attached hydrogen (secondary N) is 1. The Morgan fingerprint density at radius 2 is 2.00 bits per heavy atom. The highest BCUT2D eigenvalue weighted by atomic mass is 32.2. The Morgan fingerprint density at radius 1 is 1.35 bits per heavy atom. The first-order valence-electron chi connectivity index (χ1n) is 5.22. The molecule has 0 aliphatic carbocycles. The van der Waals surface area contributed by atoms with Gasteiger partial charge in [0.2, 0.25) is 0 Å². The summed E-state index contributed by atoms with van der Waals surface area (Å²) in [6, 6.07) is 2.07. The van der Waals surface area contributed by atoms with Crippen LogP contribution in [0.3, 0.4) is 0 Å². The summed E-state index contributed by atoms with van der Waals surface area (Å²) in [5, 5.41) is 3.39. The van der Waals surface area contributed by atoms with E-state index < -0.39 is 17.5 Å². The van der Waals surface area contributed by atoms with E-state index in [1.807, 2.05) is 6.92 Å². The van der Waals surface area contributed by atoms with E-state index in [-0.39, 0.29) is 11.7 Å². The number of rotatable bonds is 2. The Hall–Kier alpha value is -1.17. The summed E-state index contributed by atoms with van der Waals surface area (Å²) >= 11 is 1.49. The minimum Gasteiger partial charge on any atom is -0.335 e. The minimum atomic E-state index is -1.46. The number of hydrogen-bond acceptors (Lipinski definition) is 3. The first-order chi connectivity index (χ1) is 8.10. The van der Waals surface area contributed by atoms with Crippen LogP contribution in [0.1, 0.15) is 13.3 Å². The van der Waals surface area contributed by atoms with Crippen LogP contribution in [-0.4, -0.2) is 17.0 Å². The van der Waals surface area contributed by atoms with Crippen molar-refractivity contribution in [3.63, 3.8) is 0 Å². The van der Waals surface area contributed by atoms with E-state index in [0.717, 1.165) is 24.3 Å². The van der Waals surface area contributed by atoms with Crippen molar-refractivity contribution in [2.75, 3.05) is 11.1 Å². The lowest BCUT2D eigenvalue weighted by atomic mass is 10.3. The molecule has 17 heavy (non-hydrogen) atoms. The number of thioether (sulfide) groups is 1. The van der Waals surface area contributed by atoms with Gasteiger partial charge in [0.15, 0.2) is 22.6 Å². The van der Waals surface area contributed by atoms with Gasteiger partial charge in [-0.2, -0.15) is 0 Å². The van der Waals surface area contributed by atoms with Crippen LogP contribution in [0.2, 0.25) is 0 Å². The normalized spacial score (nSPS) is 19.3. The number of benzene rings is 1. The van der Waals surface area contributed by atoms with Gasteiger partial charge in [-0.1, -0.05) is 18.7 Å². The fourth-order valence-corrected chi connectivity index (χ4v) is 2.52. The summed E-state index contributed by atoms with van der Waals surface area (Å²) in [7, 11) is 0. The molecule has 0 bridgehead atoms. The molecule has 0 saturated carbocycles. The Bertz CT molecular complexity index is 439. The van der Waals surface area contributed by atoms with Crippen LogP contribution >= 0.6 is 11.8 Å². The van der Waals surface area contributed by atoms with E-state index in [2.05, 4.69) is 10.3 Å². The zero-order valence-corrected chi connectivity index (χ0v) is 9.95. The van der Waals surface area contributed by atoms with Gasteiger partial charge in [-0.15, -0.1) is 0 Å². The molecule has 0 aromatic heterocycles. The fraction of sp³-hybridized carbons (Fsp3) is 0.364. The second kappa shape index (κ2) is 5.00. The Labute approximate surface area is 101 Å². The summed E-state index contributed by atoms with van der Waals surface area (Å²) in [6.45, 7) is 2.02. The van der Waals surface area contributed by atoms with Gasteiger partial charge in [0.05, 0.1) is 6.04 Å². The van der Waals surface area contributed by atoms with Gasteiger partial charge in [-0.05, 0) is 6.42 Å². The van der Waals surface area contributed by atoms with Gasteiger partial charge in [0.25, 0.3) is 0 Å². The minimum absolute atomic E-state index is 0.171. The molecule has 1 aliphatic heterocycles. The fourth-order valence-electron chi connectivity index (χ4n) is 1.44. The average molecular weight is 260 g/mol. The third kappa shape index (κ3) is 2.74. The van der Waals surface area contributed by atoms with Crippen LogP contribution in [-0.2, 0) is 0 Å². The van der Waals surface area contributed by atoms with Crippen LogP contribution in [0.4, 0.5) is 18.9 Å². The highest BCUT2D eigenvalue weighted by Crippen LogP contribution is 2.23. The number of anilines is 1. The molecule has 2 nitrogen and oxygen atoms in total. The highest BCUT2D eigenvalue weighted by molar-refractivity contribution is 8.14. The number of aliphatic imine (C=N–C) groups is 1. The molecule has 92 valence electrons. The van der Waals surface area contributed by atoms with Crippen molar-refractivity contribution in [1.29, 1.82) is 0 Å². The molecule has 1 heterocycles. The van der Waals surface area contributed by atoms with E-state index in [4.69, 9.17) is 0 Å². The van der Waals surface area contributed by atoms with Crippen LogP contribution in [0, 0.1) is 17.5 Å². The van der Waals surface area contributed by atoms with Crippen LogP contribution in [0.5, 0.6) is 0 Å². The highest BCUT2D eigenvalue weighted by Gasteiger charge is 2.17. The molecule has 0 saturated heterocycles. The first-order valence-corrected chi connectivity index (χ1v) is 6.21. The monoisotopic (exact) mass is 260 g/mol. The molecule has 0 fully saturated rings. The molecule has 1 aliphatic rings. The van der Waals surface area contributed by atoms with E-state index >= 15 is 0 Å². The summed E-state index contributed by atoms with van der Waals surface area (Å²) in [5.41, 5.74) is 0.171. The van der Waals surface area contributed by atoms with Crippen LogP contribution < -0.4 is 5.32 Å². The summed E-state index contributed by atoms with van der Waals surface area (Å²) in [5.74, 6) is -3.01. The Balaban J connectivity index is 2.15. The van der Waals surface area contributed by atoms with Crippen molar-refractivity contribution in [3.8, 4) is 0 Å². The Kier molecular flexibility index (Phi) is 3.61. The maximum atomic E-state index is 13.0. The van der Waals surface area contributed by atoms with Crippen molar-refractivity contribution in [3.05, 3.63) is 29.6 Å². The van der Waals surface area contributed by atoms with E-state index in [1.54, 1.807) is 0 Å². The van der Waals surface area contributed by atoms with Gasteiger partial charge in [0.1, 0.15) is 0 Å². The standard InChI is InChI=1S/C11H11F3N2S/c1-2-6-5-17-11(15-6)16-7-3-8(12)10(14)9(13)4-7/h3-4,6H,2,5H2,1H3,(H,15,16). The molecule has 1 N–H and O–H groups in total. The average Bonchev–Trinajstić information content (AvgIpc) is 2.73. The van der Waals surface area contributed by atoms with E-state index in [9.17, 15) is 13.2 Å². The largest absolute Gasteiger partial charge is 0.335 e. The van der Waals surface area contributed by atoms with Crippen molar-refractivity contribution in [2.45, 2.75) is 19.4 Å². The summed E-state index contributed by atoms with van der Waals surface area (Å²) < 4.78 is 38.6. The Morgan fingerprint density at radius 3 is 2.53 bits per heavy atom. The lowest BCUT2D eigenvalue weighted by Gasteiger charge is -2.05. The van der Waals surface area contributed by atoms with Crippen molar-refractivity contribution in [2.24, 2.45) is 4.99 Å². The third-order valence-corrected chi connectivity index (χ3v) is 3.45. The maximum Gasteiger partial charge on any atom is 0.194 e. The van der Waals surface area contributed by atoms with Gasteiger partial charge >= 0.3 is 0 Å². The molecule has 1 aromatic carbocycles. The molecule has 0 radical (unpaired) electrons. The SMILES string of the molecule is CCC1CSC(Nc2cc(F)c(F)c(F)c2)=N1. The van der Waals surface area contributed by atoms with Gasteiger partial charge in [0, 0.05) is 23.6 Å². The van der Waals surface area contributed by atoms with Gasteiger partial charge in [-0.25, -0.2) is 13.2 Å². The smallest absolute Gasteiger partial charge is 0.194 e. The molecule has 6 heteroatoms. The quantitative estimate of drug-likeness (QED) is 0.824. The topological polar surface area (TPSA) is 24.4 Å². The van der Waals surface area contributed by atoms with Gasteiger partial charge < -0.3 is 5.32 Å². The second-order valence-electron chi connectivity index (χ2n) is 3.69. The molecular weight excluding hydrogens is 249 g/mol. The summed E-state index contributed by atoms with van der Waals surface area (Å²) in [6.07, 6.45) is 0.921. The second-order valence-corrected chi connectivity index (χ2v) is 4.69. The zero-order chi connectivity index (χ0) is 12.4. The van der Waals surface area contributed by atoms with Crippen molar-refractivity contribution >= 4 is 22.6 Å². The molecule has 1 aromatic rings. The molecule has 0 amide bonds. The first kappa shape index (κ1) is 12.3. The number of nitrogens with zero attached hydrogens (tertiary/aromatic N) is 1. The van der Waals surface area contributed by atoms with Crippen LogP contribution in [0.15, 0.2) is 17.1 Å². The van der Waals surface area contributed by atoms with Crippen LogP contribution in [0.25, 0.3) is 0 Å². The molecular formula is C11H11F3N2S. The van der Waals surface area contributed by atoms with Crippen molar-refractivity contribution < 1.29 is 13.2 Å². The maximum absolute atomic E-state index is 13.0.